The van der Waals surface area contributed by atoms with Gasteiger partial charge in [-0.2, -0.15) is 0 Å². The van der Waals surface area contributed by atoms with Crippen LogP contribution in [0.15, 0.2) is 48.5 Å². The van der Waals surface area contributed by atoms with Gasteiger partial charge in [0, 0.05) is 5.02 Å². The lowest BCUT2D eigenvalue weighted by molar-refractivity contribution is 0.221. The molecule has 2 aromatic carbocycles. The molecule has 23 heavy (non-hydrogen) atoms. The van der Waals surface area contributed by atoms with E-state index in [1.54, 1.807) is 31.4 Å². The molecule has 0 heterocycles. The molecule has 1 unspecified atom stereocenters. The lowest BCUT2D eigenvalue weighted by atomic mass is 10.1. The second kappa shape index (κ2) is 8.29. The Morgan fingerprint density at radius 3 is 2.30 bits per heavy atom. The summed E-state index contributed by atoms with van der Waals surface area (Å²) in [4.78, 5) is 11.8. The highest BCUT2D eigenvalue weighted by molar-refractivity contribution is 6.30. The Balaban J connectivity index is 1.76. The highest BCUT2D eigenvalue weighted by Crippen LogP contribution is 2.17. The van der Waals surface area contributed by atoms with E-state index in [1.807, 2.05) is 31.2 Å². The number of ether oxygens (including phenoxy) is 2. The third-order valence-corrected chi connectivity index (χ3v) is 3.50. The van der Waals surface area contributed by atoms with E-state index in [1.165, 1.54) is 0 Å². The van der Waals surface area contributed by atoms with Crippen LogP contribution in [-0.4, -0.2) is 19.9 Å². The van der Waals surface area contributed by atoms with Gasteiger partial charge in [0.2, 0.25) is 0 Å². The standard InChI is InChI=1S/C17H19ClN2O3/c1-12(13-3-7-15(22-2)8-4-13)20-17(21)19-11-23-16-9-5-14(18)6-10-16/h3-10,12H,11H2,1-2H3,(H2,19,20,21). The second-order valence-corrected chi connectivity index (χ2v) is 5.32. The van der Waals surface area contributed by atoms with Gasteiger partial charge in [0.25, 0.3) is 0 Å². The maximum Gasteiger partial charge on any atom is 0.317 e. The first-order valence-electron chi connectivity index (χ1n) is 7.15. The van der Waals surface area contributed by atoms with Gasteiger partial charge in [-0.1, -0.05) is 23.7 Å². The lowest BCUT2D eigenvalue weighted by Gasteiger charge is -2.15. The molecule has 0 aliphatic rings. The van der Waals surface area contributed by atoms with Gasteiger partial charge in [-0.15, -0.1) is 0 Å². The molecular weight excluding hydrogens is 316 g/mol. The number of urea groups is 1. The summed E-state index contributed by atoms with van der Waals surface area (Å²) in [5.41, 5.74) is 0.986. The maximum atomic E-state index is 11.8. The van der Waals surface area contributed by atoms with Crippen LogP contribution in [-0.2, 0) is 0 Å². The van der Waals surface area contributed by atoms with Crippen LogP contribution in [0.1, 0.15) is 18.5 Å². The van der Waals surface area contributed by atoms with Crippen molar-refractivity contribution in [3.8, 4) is 11.5 Å². The van der Waals surface area contributed by atoms with Gasteiger partial charge in [-0.05, 0) is 48.9 Å². The summed E-state index contributed by atoms with van der Waals surface area (Å²) in [5, 5.41) is 6.11. The quantitative estimate of drug-likeness (QED) is 0.791. The fourth-order valence-electron chi connectivity index (χ4n) is 1.94. The van der Waals surface area contributed by atoms with Crippen LogP contribution in [0.2, 0.25) is 5.02 Å². The van der Waals surface area contributed by atoms with E-state index in [2.05, 4.69) is 10.6 Å². The van der Waals surface area contributed by atoms with Gasteiger partial charge in [-0.3, -0.25) is 0 Å². The third-order valence-electron chi connectivity index (χ3n) is 3.25. The van der Waals surface area contributed by atoms with Crippen LogP contribution >= 0.6 is 11.6 Å². The van der Waals surface area contributed by atoms with E-state index in [9.17, 15) is 4.79 Å². The summed E-state index contributed by atoms with van der Waals surface area (Å²) in [6.45, 7) is 1.98. The molecule has 0 spiro atoms. The molecule has 0 aliphatic carbocycles. The van der Waals surface area contributed by atoms with E-state index < -0.39 is 0 Å². The lowest BCUT2D eigenvalue weighted by Crippen LogP contribution is -2.38. The second-order valence-electron chi connectivity index (χ2n) is 4.89. The van der Waals surface area contributed by atoms with Crippen molar-refractivity contribution >= 4 is 17.6 Å². The number of rotatable bonds is 6. The molecule has 0 aliphatic heterocycles. The Morgan fingerprint density at radius 2 is 1.70 bits per heavy atom. The maximum absolute atomic E-state index is 11.8. The molecule has 0 saturated heterocycles. The Hall–Kier alpha value is -2.40. The molecule has 2 N–H and O–H groups in total. The smallest absolute Gasteiger partial charge is 0.317 e. The van der Waals surface area contributed by atoms with Crippen LogP contribution in [0.25, 0.3) is 0 Å². The Labute approximate surface area is 140 Å². The number of benzene rings is 2. The zero-order valence-corrected chi connectivity index (χ0v) is 13.8. The molecule has 0 radical (unpaired) electrons. The van der Waals surface area contributed by atoms with E-state index in [0.717, 1.165) is 11.3 Å². The molecule has 2 aromatic rings. The SMILES string of the molecule is COc1ccc(C(C)NC(=O)NCOc2ccc(Cl)cc2)cc1. The number of hydrogen-bond donors (Lipinski definition) is 2. The van der Waals surface area contributed by atoms with Crippen molar-refractivity contribution in [2.45, 2.75) is 13.0 Å². The third kappa shape index (κ3) is 5.38. The molecule has 1 atom stereocenters. The number of amides is 2. The van der Waals surface area contributed by atoms with Crippen molar-refractivity contribution in [1.29, 1.82) is 0 Å². The van der Waals surface area contributed by atoms with Crippen LogP contribution in [0, 0.1) is 0 Å². The van der Waals surface area contributed by atoms with Gasteiger partial charge in [0.1, 0.15) is 11.5 Å². The van der Waals surface area contributed by atoms with Crippen molar-refractivity contribution < 1.29 is 14.3 Å². The number of nitrogens with one attached hydrogen (secondary N) is 2. The average Bonchev–Trinajstić information content (AvgIpc) is 2.56. The summed E-state index contributed by atoms with van der Waals surface area (Å²) in [6, 6.07) is 14.0. The van der Waals surface area contributed by atoms with Gasteiger partial charge in [0.15, 0.2) is 6.73 Å². The van der Waals surface area contributed by atoms with Crippen molar-refractivity contribution in [2.24, 2.45) is 0 Å². The molecule has 0 fully saturated rings. The summed E-state index contributed by atoms with van der Waals surface area (Å²) in [5.74, 6) is 1.42. The highest BCUT2D eigenvalue weighted by Gasteiger charge is 2.09. The number of carbonyl (C=O) groups is 1. The topological polar surface area (TPSA) is 59.6 Å². The minimum atomic E-state index is -0.303. The van der Waals surface area contributed by atoms with Crippen molar-refractivity contribution in [3.63, 3.8) is 0 Å². The molecule has 2 amide bonds. The molecular formula is C17H19ClN2O3. The number of carbonyl (C=O) groups excluding carboxylic acids is 1. The average molecular weight is 335 g/mol. The number of methoxy groups -OCH3 is 1. The predicted molar refractivity (Wildman–Crippen MR) is 90.0 cm³/mol. The number of hydrogen-bond acceptors (Lipinski definition) is 3. The van der Waals surface area contributed by atoms with Crippen LogP contribution < -0.4 is 20.1 Å². The molecule has 122 valence electrons. The monoisotopic (exact) mass is 334 g/mol. The Kier molecular flexibility index (Phi) is 6.11. The van der Waals surface area contributed by atoms with Crippen molar-refractivity contribution in [2.75, 3.05) is 13.8 Å². The first kappa shape index (κ1) is 17.0. The summed E-state index contributed by atoms with van der Waals surface area (Å²) in [7, 11) is 1.62. The first-order valence-corrected chi connectivity index (χ1v) is 7.53. The van der Waals surface area contributed by atoms with Gasteiger partial charge < -0.3 is 20.1 Å². The molecule has 5 nitrogen and oxygen atoms in total. The molecule has 0 saturated carbocycles. The summed E-state index contributed by atoms with van der Waals surface area (Å²) in [6.07, 6.45) is 0. The Bertz CT molecular complexity index is 629. The zero-order chi connectivity index (χ0) is 16.7. The van der Waals surface area contributed by atoms with Crippen LogP contribution in [0.3, 0.4) is 0 Å². The number of halogens is 1. The van der Waals surface area contributed by atoms with Gasteiger partial charge in [0.05, 0.1) is 13.2 Å². The van der Waals surface area contributed by atoms with Crippen molar-refractivity contribution in [1.82, 2.24) is 10.6 Å². The molecule has 2 rings (SSSR count). The molecule has 6 heteroatoms. The fraction of sp³-hybridized carbons (Fsp3) is 0.235. The van der Waals surface area contributed by atoms with E-state index in [4.69, 9.17) is 21.1 Å². The molecule has 0 bridgehead atoms. The Morgan fingerprint density at radius 1 is 1.09 bits per heavy atom. The predicted octanol–water partition coefficient (Wildman–Crippen LogP) is 3.75. The molecule has 0 aromatic heterocycles. The van der Waals surface area contributed by atoms with Gasteiger partial charge >= 0.3 is 6.03 Å². The minimum absolute atomic E-state index is 0.0722. The van der Waals surface area contributed by atoms with E-state index in [0.29, 0.717) is 10.8 Å². The first-order chi connectivity index (χ1) is 11.1. The van der Waals surface area contributed by atoms with Crippen LogP contribution in [0.4, 0.5) is 4.79 Å². The fourth-order valence-corrected chi connectivity index (χ4v) is 2.07. The summed E-state index contributed by atoms with van der Waals surface area (Å²) < 4.78 is 10.5. The van der Waals surface area contributed by atoms with Crippen molar-refractivity contribution in [3.05, 3.63) is 59.1 Å². The largest absolute Gasteiger partial charge is 0.497 e. The van der Waals surface area contributed by atoms with E-state index >= 15 is 0 Å². The highest BCUT2D eigenvalue weighted by atomic mass is 35.5. The van der Waals surface area contributed by atoms with Crippen LogP contribution in [0.5, 0.6) is 11.5 Å². The minimum Gasteiger partial charge on any atom is -0.497 e. The zero-order valence-electron chi connectivity index (χ0n) is 13.0. The van der Waals surface area contributed by atoms with Gasteiger partial charge in [-0.25, -0.2) is 4.79 Å². The summed E-state index contributed by atoms with van der Waals surface area (Å²) >= 11 is 5.79. The van der Waals surface area contributed by atoms with E-state index in [-0.39, 0.29) is 18.8 Å². The normalized spacial score (nSPS) is 11.4.